The predicted octanol–water partition coefficient (Wildman–Crippen LogP) is -0.237. The van der Waals surface area contributed by atoms with E-state index in [2.05, 4.69) is 25.9 Å². The van der Waals surface area contributed by atoms with Gasteiger partial charge in [0.05, 0.1) is 12.1 Å². The SMILES string of the molecule is CC(C)C[C@H](NC(=O)[C@H](CC(=O)[C@H](Cc1ccc(O)cc1)NC(=O)[C@@H]1CCCN1C(=O)[C@H](CCCN=C(N)N)NC(=O)[C@@H](N)CCCN=C(N)N)Cc1ccccc1)C(=O)O. The van der Waals surface area contributed by atoms with Gasteiger partial charge in [0.15, 0.2) is 17.7 Å². The summed E-state index contributed by atoms with van der Waals surface area (Å²) in [7, 11) is 0. The van der Waals surface area contributed by atoms with Crippen molar-refractivity contribution in [2.45, 2.75) is 108 Å². The van der Waals surface area contributed by atoms with Gasteiger partial charge in [0.25, 0.3) is 0 Å². The van der Waals surface area contributed by atoms with Crippen molar-refractivity contribution in [3.05, 3.63) is 65.7 Å². The molecule has 2 aromatic carbocycles. The van der Waals surface area contributed by atoms with Gasteiger partial charge in [0.1, 0.15) is 23.9 Å². The molecule has 0 spiro atoms. The third-order valence-corrected chi connectivity index (χ3v) is 10.2. The molecule has 0 bridgehead atoms. The van der Waals surface area contributed by atoms with Gasteiger partial charge in [0, 0.05) is 32.0 Å². The summed E-state index contributed by atoms with van der Waals surface area (Å²) in [5.41, 5.74) is 29.2. The van der Waals surface area contributed by atoms with Crippen LogP contribution in [0, 0.1) is 11.8 Å². The minimum absolute atomic E-state index is 0.00315. The average molecular weight is 850 g/mol. The zero-order valence-corrected chi connectivity index (χ0v) is 35.0. The normalized spacial score (nSPS) is 16.0. The summed E-state index contributed by atoms with van der Waals surface area (Å²) < 4.78 is 0. The Kier molecular flexibility index (Phi) is 19.9. The molecule has 1 aliphatic rings. The van der Waals surface area contributed by atoms with Crippen LogP contribution in [-0.2, 0) is 41.6 Å². The number of benzene rings is 2. The highest BCUT2D eigenvalue weighted by molar-refractivity contribution is 5.97. The first-order valence-corrected chi connectivity index (χ1v) is 20.6. The summed E-state index contributed by atoms with van der Waals surface area (Å²) in [6.07, 6.45) is 1.74. The van der Waals surface area contributed by atoms with E-state index in [1.54, 1.807) is 36.4 Å². The van der Waals surface area contributed by atoms with Crippen molar-refractivity contribution in [3.63, 3.8) is 0 Å². The van der Waals surface area contributed by atoms with Gasteiger partial charge in [-0.15, -0.1) is 0 Å². The summed E-state index contributed by atoms with van der Waals surface area (Å²) in [5.74, 6) is -5.30. The molecule has 1 aliphatic heterocycles. The molecule has 6 atom stereocenters. The molecule has 0 aromatic heterocycles. The number of carbonyl (C=O) groups is 6. The molecule has 0 unspecified atom stereocenters. The molecule has 334 valence electrons. The number of carbonyl (C=O) groups excluding carboxylic acids is 5. The standard InChI is InChI=1S/C42H63N11O8/c1-25(2)21-33(40(60)61)52-36(56)28(22-26-9-4-3-5-10-26)24-35(55)32(23-27-14-16-29(54)17-15-27)51-38(58)34-13-8-20-53(34)39(59)31(12-7-19-49-42(46)47)50-37(57)30(43)11-6-18-48-41(44)45/h3-5,9-10,14-17,25,28,30-34,54H,6-8,11-13,18-24,43H2,1-2H3,(H,50,57)(H,51,58)(H,52,56)(H,60,61)(H4,44,45,48)(H4,46,47,49)/t28-,30-,31-,32-,33-,34-/m0/s1. The monoisotopic (exact) mass is 849 g/mol. The molecular weight excluding hydrogens is 787 g/mol. The number of rotatable bonds is 25. The number of carboxylic acid groups (broad SMARTS) is 1. The zero-order chi connectivity index (χ0) is 45.1. The van der Waals surface area contributed by atoms with Crippen LogP contribution in [0.3, 0.4) is 0 Å². The minimum atomic E-state index is -1.20. The number of aliphatic carboxylic acids is 1. The number of aliphatic imine (C=N–C) groups is 2. The van der Waals surface area contributed by atoms with E-state index in [1.807, 2.05) is 19.9 Å². The number of nitrogens with two attached hydrogens (primary N) is 5. The summed E-state index contributed by atoms with van der Waals surface area (Å²) in [6.45, 7) is 4.30. The number of likely N-dealkylation sites (tertiary alicyclic amines) is 1. The van der Waals surface area contributed by atoms with Crippen LogP contribution in [0.15, 0.2) is 64.6 Å². The fraction of sp³-hybridized carbons (Fsp3) is 0.524. The Morgan fingerprint density at radius 1 is 0.770 bits per heavy atom. The Morgan fingerprint density at radius 3 is 1.95 bits per heavy atom. The maximum atomic E-state index is 14.4. The van der Waals surface area contributed by atoms with Crippen molar-refractivity contribution in [1.82, 2.24) is 20.9 Å². The predicted molar refractivity (Wildman–Crippen MR) is 230 cm³/mol. The summed E-state index contributed by atoms with van der Waals surface area (Å²) in [5, 5.41) is 28.0. The fourth-order valence-corrected chi connectivity index (χ4v) is 7.10. The van der Waals surface area contributed by atoms with Crippen LogP contribution < -0.4 is 44.6 Å². The van der Waals surface area contributed by atoms with Crippen LogP contribution in [0.5, 0.6) is 5.75 Å². The Morgan fingerprint density at radius 2 is 1.36 bits per heavy atom. The Hall–Kier alpha value is -6.24. The van der Waals surface area contributed by atoms with E-state index in [4.69, 9.17) is 28.7 Å². The van der Waals surface area contributed by atoms with E-state index in [0.29, 0.717) is 24.8 Å². The number of hydrogen-bond donors (Lipinski definition) is 10. The average Bonchev–Trinajstić information content (AvgIpc) is 3.70. The van der Waals surface area contributed by atoms with Crippen molar-refractivity contribution in [2.24, 2.45) is 50.5 Å². The molecule has 61 heavy (non-hydrogen) atoms. The first-order chi connectivity index (χ1) is 28.9. The maximum absolute atomic E-state index is 14.4. The molecule has 0 radical (unpaired) electrons. The zero-order valence-electron chi connectivity index (χ0n) is 35.0. The van der Waals surface area contributed by atoms with Gasteiger partial charge in [-0.3, -0.25) is 34.0 Å². The second-order valence-corrected chi connectivity index (χ2v) is 15.8. The van der Waals surface area contributed by atoms with Crippen molar-refractivity contribution in [1.29, 1.82) is 0 Å². The minimum Gasteiger partial charge on any atom is -0.508 e. The lowest BCUT2D eigenvalue weighted by Crippen LogP contribution is -2.57. The number of guanidine groups is 2. The number of amides is 4. The van der Waals surface area contributed by atoms with Crippen LogP contribution >= 0.6 is 0 Å². The number of phenolic OH excluding ortho intramolecular Hbond substituents is 1. The third kappa shape index (κ3) is 17.1. The highest BCUT2D eigenvalue weighted by atomic mass is 16.4. The van der Waals surface area contributed by atoms with Crippen LogP contribution in [0.1, 0.15) is 76.3 Å². The van der Waals surface area contributed by atoms with Gasteiger partial charge in [-0.25, -0.2) is 4.79 Å². The van der Waals surface area contributed by atoms with E-state index in [-0.39, 0.29) is 88.2 Å². The molecule has 4 amide bonds. The molecule has 19 heteroatoms. The molecule has 1 saturated heterocycles. The van der Waals surface area contributed by atoms with E-state index < -0.39 is 71.5 Å². The quantitative estimate of drug-likeness (QED) is 0.0351. The van der Waals surface area contributed by atoms with Crippen LogP contribution in [0.25, 0.3) is 0 Å². The van der Waals surface area contributed by atoms with E-state index >= 15 is 0 Å². The molecule has 2 aromatic rings. The van der Waals surface area contributed by atoms with Gasteiger partial charge in [-0.05, 0) is 87.0 Å². The second-order valence-electron chi connectivity index (χ2n) is 15.8. The molecular formula is C42H63N11O8. The fourth-order valence-electron chi connectivity index (χ4n) is 7.10. The van der Waals surface area contributed by atoms with E-state index in [1.165, 1.54) is 17.0 Å². The number of phenols is 1. The van der Waals surface area contributed by atoms with Crippen molar-refractivity contribution in [3.8, 4) is 5.75 Å². The van der Waals surface area contributed by atoms with Crippen molar-refractivity contribution < 1.29 is 39.0 Å². The number of ketones is 1. The largest absolute Gasteiger partial charge is 0.508 e. The number of Topliss-reactive ketones (excluding diaryl/α,β-unsaturated/α-hetero) is 1. The highest BCUT2D eigenvalue weighted by Gasteiger charge is 2.39. The summed E-state index contributed by atoms with van der Waals surface area (Å²) >= 11 is 0. The smallest absolute Gasteiger partial charge is 0.326 e. The molecule has 19 nitrogen and oxygen atoms in total. The van der Waals surface area contributed by atoms with Crippen molar-refractivity contribution in [2.75, 3.05) is 19.6 Å². The van der Waals surface area contributed by atoms with Crippen molar-refractivity contribution >= 4 is 47.3 Å². The number of carboxylic acids is 1. The number of nitrogens with zero attached hydrogens (tertiary/aromatic N) is 3. The van der Waals surface area contributed by atoms with Crippen LogP contribution in [0.4, 0.5) is 0 Å². The molecule has 0 saturated carbocycles. The van der Waals surface area contributed by atoms with Gasteiger partial charge in [0.2, 0.25) is 23.6 Å². The van der Waals surface area contributed by atoms with Gasteiger partial charge < -0.3 is 59.7 Å². The van der Waals surface area contributed by atoms with Gasteiger partial charge in [-0.2, -0.15) is 0 Å². The molecule has 0 aliphatic carbocycles. The lowest BCUT2D eigenvalue weighted by molar-refractivity contribution is -0.143. The summed E-state index contributed by atoms with van der Waals surface area (Å²) in [4.78, 5) is 91.1. The topological polar surface area (TPSA) is 337 Å². The van der Waals surface area contributed by atoms with E-state index in [9.17, 15) is 39.0 Å². The number of nitrogens with one attached hydrogen (secondary N) is 3. The van der Waals surface area contributed by atoms with Gasteiger partial charge in [-0.1, -0.05) is 56.3 Å². The second kappa shape index (κ2) is 24.7. The summed E-state index contributed by atoms with van der Waals surface area (Å²) in [6, 6.07) is 9.65. The first-order valence-electron chi connectivity index (χ1n) is 20.6. The molecule has 15 N–H and O–H groups in total. The van der Waals surface area contributed by atoms with Gasteiger partial charge >= 0.3 is 5.97 Å². The van der Waals surface area contributed by atoms with Crippen LogP contribution in [0.2, 0.25) is 0 Å². The Bertz CT molecular complexity index is 1830. The lowest BCUT2D eigenvalue weighted by atomic mass is 9.89. The Labute approximate surface area is 356 Å². The first kappa shape index (κ1) is 49.1. The lowest BCUT2D eigenvalue weighted by Gasteiger charge is -2.30. The number of aromatic hydroxyl groups is 1. The number of hydrogen-bond acceptors (Lipinski definition) is 10. The van der Waals surface area contributed by atoms with E-state index in [0.717, 1.165) is 5.56 Å². The molecule has 3 rings (SSSR count). The maximum Gasteiger partial charge on any atom is 0.326 e. The molecule has 1 heterocycles. The Balaban J connectivity index is 1.88. The highest BCUT2D eigenvalue weighted by Crippen LogP contribution is 2.22. The molecule has 1 fully saturated rings. The van der Waals surface area contributed by atoms with Crippen LogP contribution in [-0.4, -0.2) is 112 Å². The third-order valence-electron chi connectivity index (χ3n) is 10.2.